The molecule has 1 saturated heterocycles. The Morgan fingerprint density at radius 3 is 3.04 bits per heavy atom. The van der Waals surface area contributed by atoms with Crippen LogP contribution in [-0.2, 0) is 23.1 Å². The average Bonchev–Trinajstić information content (AvgIpc) is 3.26. The van der Waals surface area contributed by atoms with Crippen molar-refractivity contribution in [2.75, 3.05) is 26.3 Å². The summed E-state index contributed by atoms with van der Waals surface area (Å²) in [6.45, 7) is 5.21. The van der Waals surface area contributed by atoms with Gasteiger partial charge in [0, 0.05) is 45.1 Å². The van der Waals surface area contributed by atoms with E-state index in [2.05, 4.69) is 15.3 Å². The number of likely N-dealkylation sites (tertiary alicyclic amines) is 1. The number of aromatic nitrogens is 5. The second kappa shape index (κ2) is 8.24. The Bertz CT molecular complexity index is 681. The standard InChI is InChI=1S/C17H26N6O2/c1-3-25-11-7-16(24)22-9-4-6-14(12-22)17-20-19-15(21(17)2)13-23-10-5-8-18-23/h5,8,10,14H,3-4,6-7,9,11-13H2,1-2H3. The lowest BCUT2D eigenvalue weighted by atomic mass is 9.97. The number of hydrogen-bond acceptors (Lipinski definition) is 5. The summed E-state index contributed by atoms with van der Waals surface area (Å²) in [5.41, 5.74) is 0. The monoisotopic (exact) mass is 346 g/mol. The molecule has 0 saturated carbocycles. The average molecular weight is 346 g/mol. The highest BCUT2D eigenvalue weighted by atomic mass is 16.5. The van der Waals surface area contributed by atoms with Gasteiger partial charge in [0.05, 0.1) is 13.0 Å². The molecule has 3 rings (SSSR count). The van der Waals surface area contributed by atoms with Gasteiger partial charge in [-0.2, -0.15) is 5.10 Å². The van der Waals surface area contributed by atoms with Crippen molar-refractivity contribution in [3.63, 3.8) is 0 Å². The van der Waals surface area contributed by atoms with E-state index in [0.29, 0.717) is 32.7 Å². The smallest absolute Gasteiger partial charge is 0.224 e. The molecule has 1 fully saturated rings. The predicted octanol–water partition coefficient (Wildman–Crippen LogP) is 1.19. The van der Waals surface area contributed by atoms with Crippen LogP contribution in [0.1, 0.15) is 43.8 Å². The number of rotatable bonds is 7. The molecule has 1 amide bonds. The first-order valence-electron chi connectivity index (χ1n) is 8.90. The van der Waals surface area contributed by atoms with E-state index in [9.17, 15) is 4.79 Å². The van der Waals surface area contributed by atoms with Gasteiger partial charge < -0.3 is 14.2 Å². The molecule has 1 atom stereocenters. The first kappa shape index (κ1) is 17.6. The summed E-state index contributed by atoms with van der Waals surface area (Å²) in [6, 6.07) is 1.89. The lowest BCUT2D eigenvalue weighted by Gasteiger charge is -2.32. The van der Waals surface area contributed by atoms with E-state index in [0.717, 1.165) is 31.0 Å². The second-order valence-corrected chi connectivity index (χ2v) is 6.36. The minimum Gasteiger partial charge on any atom is -0.381 e. The Morgan fingerprint density at radius 1 is 1.40 bits per heavy atom. The number of ether oxygens (including phenoxy) is 1. The molecule has 0 N–H and O–H groups in total. The Balaban J connectivity index is 1.63. The van der Waals surface area contributed by atoms with Crippen LogP contribution >= 0.6 is 0 Å². The first-order chi connectivity index (χ1) is 12.2. The fourth-order valence-electron chi connectivity index (χ4n) is 3.28. The maximum absolute atomic E-state index is 12.3. The zero-order valence-electron chi connectivity index (χ0n) is 15.0. The van der Waals surface area contributed by atoms with Crippen LogP contribution in [0.25, 0.3) is 0 Å². The van der Waals surface area contributed by atoms with Crippen LogP contribution in [0.2, 0.25) is 0 Å². The minimum atomic E-state index is 0.164. The van der Waals surface area contributed by atoms with Crippen molar-refractivity contribution in [2.45, 2.75) is 38.6 Å². The van der Waals surface area contributed by atoms with E-state index in [4.69, 9.17) is 4.74 Å². The molecule has 2 aromatic rings. The number of amides is 1. The largest absolute Gasteiger partial charge is 0.381 e. The van der Waals surface area contributed by atoms with Gasteiger partial charge in [-0.15, -0.1) is 10.2 Å². The summed E-state index contributed by atoms with van der Waals surface area (Å²) < 4.78 is 9.17. The maximum atomic E-state index is 12.3. The van der Waals surface area contributed by atoms with E-state index in [1.165, 1.54) is 0 Å². The van der Waals surface area contributed by atoms with Crippen LogP contribution in [0.3, 0.4) is 0 Å². The Morgan fingerprint density at radius 2 is 2.28 bits per heavy atom. The highest BCUT2D eigenvalue weighted by Crippen LogP contribution is 2.26. The number of carbonyl (C=O) groups is 1. The predicted molar refractivity (Wildman–Crippen MR) is 92.0 cm³/mol. The fourth-order valence-corrected chi connectivity index (χ4v) is 3.28. The Kier molecular flexibility index (Phi) is 5.80. The minimum absolute atomic E-state index is 0.164. The van der Waals surface area contributed by atoms with Gasteiger partial charge in [-0.3, -0.25) is 9.48 Å². The topological polar surface area (TPSA) is 78.1 Å². The van der Waals surface area contributed by atoms with Gasteiger partial charge in [-0.05, 0) is 25.8 Å². The van der Waals surface area contributed by atoms with Crippen molar-refractivity contribution >= 4 is 5.91 Å². The summed E-state index contributed by atoms with van der Waals surface area (Å²) >= 11 is 0. The third-order valence-electron chi connectivity index (χ3n) is 4.66. The Labute approximate surface area is 147 Å². The van der Waals surface area contributed by atoms with Crippen molar-refractivity contribution < 1.29 is 9.53 Å². The molecule has 0 radical (unpaired) electrons. The molecular formula is C17H26N6O2. The third kappa shape index (κ3) is 4.25. The molecule has 8 heteroatoms. The SMILES string of the molecule is CCOCCC(=O)N1CCCC(c2nnc(Cn3cccn3)n2C)C1. The molecule has 1 aliphatic rings. The molecule has 3 heterocycles. The molecule has 25 heavy (non-hydrogen) atoms. The summed E-state index contributed by atoms with van der Waals surface area (Å²) in [7, 11) is 1.99. The lowest BCUT2D eigenvalue weighted by molar-refractivity contribution is -0.133. The molecule has 0 spiro atoms. The first-order valence-corrected chi connectivity index (χ1v) is 8.90. The van der Waals surface area contributed by atoms with Crippen molar-refractivity contribution in [1.29, 1.82) is 0 Å². The lowest BCUT2D eigenvalue weighted by Crippen LogP contribution is -2.40. The van der Waals surface area contributed by atoms with Crippen LogP contribution in [-0.4, -0.2) is 61.7 Å². The third-order valence-corrected chi connectivity index (χ3v) is 4.66. The van der Waals surface area contributed by atoms with Crippen LogP contribution in [0, 0.1) is 0 Å². The second-order valence-electron chi connectivity index (χ2n) is 6.36. The van der Waals surface area contributed by atoms with Gasteiger partial charge in [0.1, 0.15) is 12.4 Å². The summed E-state index contributed by atoms with van der Waals surface area (Å²) in [5.74, 6) is 2.22. The van der Waals surface area contributed by atoms with Gasteiger partial charge in [-0.1, -0.05) is 0 Å². The highest BCUT2D eigenvalue weighted by Gasteiger charge is 2.28. The fraction of sp³-hybridized carbons (Fsp3) is 0.647. The number of hydrogen-bond donors (Lipinski definition) is 0. The number of nitrogens with zero attached hydrogens (tertiary/aromatic N) is 6. The van der Waals surface area contributed by atoms with Crippen LogP contribution in [0.15, 0.2) is 18.5 Å². The molecule has 2 aromatic heterocycles. The number of carbonyl (C=O) groups excluding carboxylic acids is 1. The molecule has 0 aromatic carbocycles. The van der Waals surface area contributed by atoms with Crippen LogP contribution in [0.4, 0.5) is 0 Å². The Hall–Kier alpha value is -2.22. The summed E-state index contributed by atoms with van der Waals surface area (Å²) in [4.78, 5) is 14.3. The molecule has 1 aliphatic heterocycles. The molecule has 0 aliphatic carbocycles. The van der Waals surface area contributed by atoms with Gasteiger partial charge >= 0.3 is 0 Å². The van der Waals surface area contributed by atoms with E-state index >= 15 is 0 Å². The molecule has 0 bridgehead atoms. The van der Waals surface area contributed by atoms with Crippen molar-refractivity contribution in [3.05, 3.63) is 30.1 Å². The molecule has 8 nitrogen and oxygen atoms in total. The van der Waals surface area contributed by atoms with Gasteiger partial charge in [0.15, 0.2) is 5.82 Å². The highest BCUT2D eigenvalue weighted by molar-refractivity contribution is 5.76. The summed E-state index contributed by atoms with van der Waals surface area (Å²) in [5, 5.41) is 12.9. The quantitative estimate of drug-likeness (QED) is 0.704. The normalized spacial score (nSPS) is 17.8. The zero-order chi connectivity index (χ0) is 17.6. The van der Waals surface area contributed by atoms with E-state index in [1.54, 1.807) is 6.20 Å². The van der Waals surface area contributed by atoms with Gasteiger partial charge in [0.2, 0.25) is 5.91 Å². The molecule has 136 valence electrons. The van der Waals surface area contributed by atoms with Crippen molar-refractivity contribution in [2.24, 2.45) is 7.05 Å². The van der Waals surface area contributed by atoms with Crippen LogP contribution in [0.5, 0.6) is 0 Å². The van der Waals surface area contributed by atoms with Crippen molar-refractivity contribution in [1.82, 2.24) is 29.4 Å². The van der Waals surface area contributed by atoms with E-state index in [1.807, 2.05) is 40.4 Å². The summed E-state index contributed by atoms with van der Waals surface area (Å²) in [6.07, 6.45) is 6.14. The zero-order valence-corrected chi connectivity index (χ0v) is 15.0. The molecule has 1 unspecified atom stereocenters. The molecular weight excluding hydrogens is 320 g/mol. The maximum Gasteiger partial charge on any atom is 0.224 e. The van der Waals surface area contributed by atoms with Gasteiger partial charge in [-0.25, -0.2) is 0 Å². The van der Waals surface area contributed by atoms with E-state index < -0.39 is 0 Å². The van der Waals surface area contributed by atoms with Gasteiger partial charge in [0.25, 0.3) is 0 Å². The van der Waals surface area contributed by atoms with Crippen molar-refractivity contribution in [3.8, 4) is 0 Å². The van der Waals surface area contributed by atoms with Crippen LogP contribution < -0.4 is 0 Å². The van der Waals surface area contributed by atoms with E-state index in [-0.39, 0.29) is 11.8 Å². The number of piperidine rings is 1.